The van der Waals surface area contributed by atoms with Crippen LogP contribution in [0.25, 0.3) is 11.3 Å². The van der Waals surface area contributed by atoms with Crippen LogP contribution >= 0.6 is 11.3 Å². The minimum Gasteiger partial charge on any atom is -0.497 e. The fourth-order valence-electron chi connectivity index (χ4n) is 2.85. The van der Waals surface area contributed by atoms with Gasteiger partial charge in [-0.1, -0.05) is 30.3 Å². The smallest absolute Gasteiger partial charge is 0.260 e. The number of rotatable bonds is 8. The molecule has 2 aromatic carbocycles. The predicted molar refractivity (Wildman–Crippen MR) is 115 cm³/mol. The fraction of sp³-hybridized carbons (Fsp3) is 0.273. The molecule has 28 heavy (non-hydrogen) atoms. The quantitative estimate of drug-likeness (QED) is 0.566. The molecule has 3 rings (SSSR count). The molecule has 1 amide bonds. The molecule has 0 N–H and O–H groups in total. The van der Waals surface area contributed by atoms with Crippen LogP contribution in [-0.4, -0.2) is 50.1 Å². The van der Waals surface area contributed by atoms with Crippen LogP contribution in [0.5, 0.6) is 5.75 Å². The molecule has 0 atom stereocenters. The Morgan fingerprint density at radius 1 is 1.04 bits per heavy atom. The van der Waals surface area contributed by atoms with Gasteiger partial charge < -0.3 is 9.64 Å². The number of hydrogen-bond acceptors (Lipinski definition) is 5. The van der Waals surface area contributed by atoms with Crippen molar-refractivity contribution < 1.29 is 9.53 Å². The zero-order chi connectivity index (χ0) is 19.9. The van der Waals surface area contributed by atoms with E-state index in [1.165, 1.54) is 11.3 Å². The van der Waals surface area contributed by atoms with Crippen LogP contribution in [0, 0.1) is 0 Å². The highest BCUT2D eigenvalue weighted by atomic mass is 32.1. The molecule has 0 spiro atoms. The molecular weight excluding hydrogens is 370 g/mol. The summed E-state index contributed by atoms with van der Waals surface area (Å²) in [6.45, 7) is 1.52. The van der Waals surface area contributed by atoms with Gasteiger partial charge in [-0.05, 0) is 51.3 Å². The van der Waals surface area contributed by atoms with Crippen molar-refractivity contribution in [1.29, 1.82) is 0 Å². The first-order chi connectivity index (χ1) is 13.6. The van der Waals surface area contributed by atoms with Gasteiger partial charge >= 0.3 is 0 Å². The van der Waals surface area contributed by atoms with Gasteiger partial charge in [-0.2, -0.15) is 0 Å². The van der Waals surface area contributed by atoms with E-state index >= 15 is 0 Å². The molecule has 0 fully saturated rings. The molecule has 3 aromatic rings. The SMILES string of the molecule is COc1ccc(C(=O)N(CCCN(C)C)c2nc(-c3ccccc3)cs2)cc1. The summed E-state index contributed by atoms with van der Waals surface area (Å²) >= 11 is 1.50. The van der Waals surface area contributed by atoms with Crippen molar-refractivity contribution in [2.24, 2.45) is 0 Å². The number of carbonyl (C=O) groups excluding carboxylic acids is 1. The van der Waals surface area contributed by atoms with Gasteiger partial charge in [0.2, 0.25) is 0 Å². The van der Waals surface area contributed by atoms with E-state index in [0.717, 1.165) is 35.1 Å². The molecular formula is C22H25N3O2S. The van der Waals surface area contributed by atoms with Crippen LogP contribution in [0.2, 0.25) is 0 Å². The van der Waals surface area contributed by atoms with Crippen LogP contribution in [0.3, 0.4) is 0 Å². The van der Waals surface area contributed by atoms with Gasteiger partial charge in [0.05, 0.1) is 12.8 Å². The van der Waals surface area contributed by atoms with Crippen LogP contribution in [-0.2, 0) is 0 Å². The Morgan fingerprint density at radius 2 is 1.75 bits per heavy atom. The maximum atomic E-state index is 13.2. The van der Waals surface area contributed by atoms with Crippen molar-refractivity contribution in [1.82, 2.24) is 9.88 Å². The normalized spacial score (nSPS) is 10.9. The van der Waals surface area contributed by atoms with Gasteiger partial charge in [0.15, 0.2) is 5.13 Å². The number of carbonyl (C=O) groups is 1. The molecule has 0 radical (unpaired) electrons. The van der Waals surface area contributed by atoms with E-state index < -0.39 is 0 Å². The number of ether oxygens (including phenoxy) is 1. The lowest BCUT2D eigenvalue weighted by atomic mass is 10.2. The number of thiazole rings is 1. The van der Waals surface area contributed by atoms with Crippen molar-refractivity contribution in [3.63, 3.8) is 0 Å². The Labute approximate surface area is 170 Å². The molecule has 1 aromatic heterocycles. The van der Waals surface area contributed by atoms with Gasteiger partial charge in [0.25, 0.3) is 5.91 Å². The lowest BCUT2D eigenvalue weighted by Gasteiger charge is -2.21. The number of benzene rings is 2. The highest BCUT2D eigenvalue weighted by Gasteiger charge is 2.21. The van der Waals surface area contributed by atoms with Gasteiger partial charge in [-0.25, -0.2) is 4.98 Å². The zero-order valence-corrected chi connectivity index (χ0v) is 17.3. The molecule has 0 aliphatic heterocycles. The van der Waals surface area contributed by atoms with Gasteiger partial charge in [-0.15, -0.1) is 11.3 Å². The average molecular weight is 396 g/mol. The lowest BCUT2D eigenvalue weighted by Crippen LogP contribution is -2.33. The third-order valence-corrected chi connectivity index (χ3v) is 5.23. The van der Waals surface area contributed by atoms with Gasteiger partial charge in [-0.3, -0.25) is 9.69 Å². The third kappa shape index (κ3) is 4.97. The first-order valence-electron chi connectivity index (χ1n) is 9.20. The average Bonchev–Trinajstić information content (AvgIpc) is 3.21. The number of amides is 1. The third-order valence-electron chi connectivity index (χ3n) is 4.36. The Bertz CT molecular complexity index is 892. The van der Waals surface area contributed by atoms with E-state index in [4.69, 9.17) is 9.72 Å². The summed E-state index contributed by atoms with van der Waals surface area (Å²) in [5.41, 5.74) is 2.57. The minimum absolute atomic E-state index is 0.0460. The molecule has 1 heterocycles. The molecule has 146 valence electrons. The number of hydrogen-bond donors (Lipinski definition) is 0. The Morgan fingerprint density at radius 3 is 2.39 bits per heavy atom. The maximum absolute atomic E-state index is 13.2. The van der Waals surface area contributed by atoms with Crippen molar-refractivity contribution in [3.05, 3.63) is 65.5 Å². The van der Waals surface area contributed by atoms with E-state index in [9.17, 15) is 4.79 Å². The second-order valence-corrected chi connectivity index (χ2v) is 7.56. The zero-order valence-electron chi connectivity index (χ0n) is 16.5. The fourth-order valence-corrected chi connectivity index (χ4v) is 3.71. The monoisotopic (exact) mass is 395 g/mol. The van der Waals surface area contributed by atoms with Crippen molar-refractivity contribution in [3.8, 4) is 17.0 Å². The molecule has 0 aliphatic rings. The molecule has 0 unspecified atom stereocenters. The summed E-state index contributed by atoms with van der Waals surface area (Å²) in [7, 11) is 5.68. The second kappa shape index (κ2) is 9.48. The largest absolute Gasteiger partial charge is 0.497 e. The summed E-state index contributed by atoms with van der Waals surface area (Å²) in [5.74, 6) is 0.687. The van der Waals surface area contributed by atoms with E-state index in [-0.39, 0.29) is 5.91 Å². The number of nitrogens with zero attached hydrogens (tertiary/aromatic N) is 3. The molecule has 5 nitrogen and oxygen atoms in total. The highest BCUT2D eigenvalue weighted by Crippen LogP contribution is 2.28. The Kier molecular flexibility index (Phi) is 6.79. The van der Waals surface area contributed by atoms with E-state index in [1.807, 2.05) is 61.9 Å². The van der Waals surface area contributed by atoms with Crippen LogP contribution in [0.15, 0.2) is 60.0 Å². The van der Waals surface area contributed by atoms with E-state index in [2.05, 4.69) is 4.90 Å². The highest BCUT2D eigenvalue weighted by molar-refractivity contribution is 7.14. The molecule has 0 aliphatic carbocycles. The Balaban J connectivity index is 1.85. The van der Waals surface area contributed by atoms with Crippen LogP contribution in [0.4, 0.5) is 5.13 Å². The summed E-state index contributed by atoms with van der Waals surface area (Å²) < 4.78 is 5.20. The second-order valence-electron chi connectivity index (χ2n) is 6.72. The first kappa shape index (κ1) is 20.0. The topological polar surface area (TPSA) is 45.7 Å². The van der Waals surface area contributed by atoms with E-state index in [0.29, 0.717) is 12.1 Å². The molecule has 0 saturated carbocycles. The summed E-state index contributed by atoms with van der Waals surface area (Å²) in [4.78, 5) is 21.8. The molecule has 0 saturated heterocycles. The van der Waals surface area contributed by atoms with Crippen molar-refractivity contribution >= 4 is 22.4 Å². The van der Waals surface area contributed by atoms with Crippen LogP contribution < -0.4 is 9.64 Å². The molecule has 6 heteroatoms. The van der Waals surface area contributed by atoms with Gasteiger partial charge in [0, 0.05) is 23.1 Å². The summed E-state index contributed by atoms with van der Waals surface area (Å²) in [5, 5.41) is 2.73. The first-order valence-corrected chi connectivity index (χ1v) is 10.1. The van der Waals surface area contributed by atoms with Crippen LogP contribution in [0.1, 0.15) is 16.8 Å². The molecule has 0 bridgehead atoms. The number of anilines is 1. The Hall–Kier alpha value is -2.70. The minimum atomic E-state index is -0.0460. The van der Waals surface area contributed by atoms with Crippen molar-refractivity contribution in [2.75, 3.05) is 39.2 Å². The van der Waals surface area contributed by atoms with Gasteiger partial charge in [0.1, 0.15) is 5.75 Å². The standard InChI is InChI=1S/C22H25N3O2S/c1-24(2)14-7-15-25(21(26)18-10-12-19(27-3)13-11-18)22-23-20(16-28-22)17-8-5-4-6-9-17/h4-6,8-13,16H,7,14-15H2,1-3H3. The summed E-state index contributed by atoms with van der Waals surface area (Å²) in [6.07, 6.45) is 0.870. The van der Waals surface area contributed by atoms with Crippen molar-refractivity contribution in [2.45, 2.75) is 6.42 Å². The number of aromatic nitrogens is 1. The maximum Gasteiger partial charge on any atom is 0.260 e. The summed E-state index contributed by atoms with van der Waals surface area (Å²) in [6, 6.07) is 17.2. The number of methoxy groups -OCH3 is 1. The predicted octanol–water partition coefficient (Wildman–Crippen LogP) is 4.42. The lowest BCUT2D eigenvalue weighted by molar-refractivity contribution is 0.0986. The van der Waals surface area contributed by atoms with E-state index in [1.54, 1.807) is 24.1 Å².